The van der Waals surface area contributed by atoms with E-state index in [1.54, 1.807) is 0 Å². The molecule has 3 N–H and O–H groups in total. The van der Waals surface area contributed by atoms with E-state index in [-0.39, 0.29) is 6.61 Å². The third-order valence-electron chi connectivity index (χ3n) is 2.70. The summed E-state index contributed by atoms with van der Waals surface area (Å²) in [6, 6.07) is 0. The van der Waals surface area contributed by atoms with E-state index in [1.807, 2.05) is 0 Å². The second-order valence-corrected chi connectivity index (χ2v) is 4.63. The van der Waals surface area contributed by atoms with Crippen LogP contribution in [-0.4, -0.2) is 84.3 Å². The molecule has 0 fully saturated rings. The smallest absolute Gasteiger partial charge is 0.0701 e. The molecule has 0 aliphatic rings. The lowest BCUT2D eigenvalue weighted by molar-refractivity contribution is -0.0107. The van der Waals surface area contributed by atoms with E-state index < -0.39 is 0 Å². The van der Waals surface area contributed by atoms with E-state index in [9.17, 15) is 0 Å². The first-order valence-corrected chi connectivity index (χ1v) is 8.11. The quantitative estimate of drug-likeness (QED) is 0.328. The Hall–Kier alpha value is -0.280. The molecule has 0 rings (SSSR count). The minimum absolute atomic E-state index is 0.260. The van der Waals surface area contributed by atoms with Crippen LogP contribution in [0.4, 0.5) is 0 Å². The minimum atomic E-state index is 0.260. The second-order valence-electron chi connectivity index (χ2n) is 4.63. The summed E-state index contributed by atoms with van der Waals surface area (Å²) in [4.78, 5) is 0. The predicted molar refractivity (Wildman–Crippen MR) is 84.1 cm³/mol. The number of unbranched alkanes of at least 4 members (excludes halogenated alkanes) is 2. The zero-order valence-corrected chi connectivity index (χ0v) is 13.7. The largest absolute Gasteiger partial charge is 0.396 e. The number of hydrogen-bond donors (Lipinski definition) is 2. The van der Waals surface area contributed by atoms with Crippen LogP contribution in [0.2, 0.25) is 0 Å². The molecule has 0 saturated carbocycles. The topological polar surface area (TPSA) is 92.4 Å². The monoisotopic (exact) mass is 323 g/mol. The molecule has 7 nitrogen and oxygen atoms in total. The number of nitrogens with two attached hydrogens (primary N) is 1. The number of aliphatic hydroxyl groups excluding tert-OH is 1. The highest BCUT2D eigenvalue weighted by molar-refractivity contribution is 4.40. The van der Waals surface area contributed by atoms with Crippen LogP contribution in [-0.2, 0) is 23.7 Å². The van der Waals surface area contributed by atoms with E-state index in [0.29, 0.717) is 66.0 Å². The first kappa shape index (κ1) is 21.7. The fourth-order valence-corrected chi connectivity index (χ4v) is 1.56. The molecule has 134 valence electrons. The Bertz CT molecular complexity index is 177. The molecule has 0 aromatic heterocycles. The second kappa shape index (κ2) is 20.7. The molecule has 0 atom stereocenters. The molecule has 0 heterocycles. The maximum absolute atomic E-state index is 8.61. The van der Waals surface area contributed by atoms with Gasteiger partial charge < -0.3 is 34.5 Å². The highest BCUT2D eigenvalue weighted by Gasteiger charge is 1.93. The molecule has 0 saturated heterocycles. The van der Waals surface area contributed by atoms with Gasteiger partial charge in [-0.15, -0.1) is 0 Å². The van der Waals surface area contributed by atoms with E-state index in [0.717, 1.165) is 25.9 Å². The van der Waals surface area contributed by atoms with E-state index in [2.05, 4.69) is 0 Å². The number of rotatable bonds is 19. The Morgan fingerprint density at radius 1 is 0.500 bits per heavy atom. The molecule has 0 aliphatic carbocycles. The summed E-state index contributed by atoms with van der Waals surface area (Å²) in [5, 5.41) is 8.61. The fraction of sp³-hybridized carbons (Fsp3) is 1.00. The number of aliphatic hydroxyl groups is 1. The van der Waals surface area contributed by atoms with Gasteiger partial charge in [0, 0.05) is 19.8 Å². The normalized spacial score (nSPS) is 11.2. The van der Waals surface area contributed by atoms with E-state index >= 15 is 0 Å². The Morgan fingerprint density at radius 3 is 1.32 bits per heavy atom. The number of ether oxygens (including phenoxy) is 5. The summed E-state index contributed by atoms with van der Waals surface area (Å²) in [7, 11) is 0. The van der Waals surface area contributed by atoms with E-state index in [4.69, 9.17) is 34.5 Å². The third kappa shape index (κ3) is 19.7. The van der Waals surface area contributed by atoms with Crippen molar-refractivity contribution in [3.05, 3.63) is 0 Å². The summed E-state index contributed by atoms with van der Waals surface area (Å²) in [5.41, 5.74) is 5.29. The Balaban J connectivity index is 2.91. The van der Waals surface area contributed by atoms with Crippen molar-refractivity contribution < 1.29 is 28.8 Å². The minimum Gasteiger partial charge on any atom is -0.396 e. The van der Waals surface area contributed by atoms with E-state index in [1.165, 1.54) is 0 Å². The molecule has 0 unspecified atom stereocenters. The number of hydrogen-bond acceptors (Lipinski definition) is 7. The molecule has 0 radical (unpaired) electrons. The lowest BCUT2D eigenvalue weighted by atomic mass is 10.2. The highest BCUT2D eigenvalue weighted by atomic mass is 16.6. The van der Waals surface area contributed by atoms with Crippen molar-refractivity contribution in [3.8, 4) is 0 Å². The molecule has 0 amide bonds. The van der Waals surface area contributed by atoms with Crippen LogP contribution in [0.15, 0.2) is 0 Å². The van der Waals surface area contributed by atoms with Gasteiger partial charge in [0.2, 0.25) is 0 Å². The van der Waals surface area contributed by atoms with Gasteiger partial charge in [0.1, 0.15) is 0 Å². The van der Waals surface area contributed by atoms with Crippen molar-refractivity contribution in [3.63, 3.8) is 0 Å². The standard InChI is InChI=1S/C15H33NO6/c16-4-7-19-9-11-21-13-15-22-14-12-20-10-8-18-6-3-1-2-5-17/h17H,1-16H2. The van der Waals surface area contributed by atoms with Crippen molar-refractivity contribution in [1.29, 1.82) is 0 Å². The Kier molecular flexibility index (Phi) is 20.5. The van der Waals surface area contributed by atoms with Crippen molar-refractivity contribution in [2.45, 2.75) is 19.3 Å². The van der Waals surface area contributed by atoms with Gasteiger partial charge in [-0.1, -0.05) is 0 Å². The van der Waals surface area contributed by atoms with Gasteiger partial charge in [-0.2, -0.15) is 0 Å². The summed E-state index contributed by atoms with van der Waals surface area (Å²) in [5.74, 6) is 0. The summed E-state index contributed by atoms with van der Waals surface area (Å²) >= 11 is 0. The zero-order valence-electron chi connectivity index (χ0n) is 13.7. The van der Waals surface area contributed by atoms with Crippen molar-refractivity contribution >= 4 is 0 Å². The molecule has 0 aromatic rings. The van der Waals surface area contributed by atoms with Crippen LogP contribution in [0.3, 0.4) is 0 Å². The Labute approximate surface area is 134 Å². The molecule has 7 heteroatoms. The predicted octanol–water partition coefficient (Wildman–Crippen LogP) is 0.191. The maximum atomic E-state index is 8.61. The molecule has 0 spiro atoms. The van der Waals surface area contributed by atoms with Gasteiger partial charge in [0.05, 0.1) is 59.5 Å². The summed E-state index contributed by atoms with van der Waals surface area (Å²) in [6.07, 6.45) is 2.84. The molecule has 22 heavy (non-hydrogen) atoms. The first-order valence-electron chi connectivity index (χ1n) is 8.11. The zero-order chi connectivity index (χ0) is 16.1. The highest BCUT2D eigenvalue weighted by Crippen LogP contribution is 1.94. The fourth-order valence-electron chi connectivity index (χ4n) is 1.56. The first-order chi connectivity index (χ1) is 10.9. The Morgan fingerprint density at radius 2 is 0.909 bits per heavy atom. The van der Waals surface area contributed by atoms with Gasteiger partial charge in [-0.3, -0.25) is 0 Å². The average Bonchev–Trinajstić information content (AvgIpc) is 2.54. The average molecular weight is 323 g/mol. The van der Waals surface area contributed by atoms with Crippen LogP contribution >= 0.6 is 0 Å². The van der Waals surface area contributed by atoms with Crippen LogP contribution in [0.25, 0.3) is 0 Å². The van der Waals surface area contributed by atoms with Crippen LogP contribution in [0.5, 0.6) is 0 Å². The van der Waals surface area contributed by atoms with Gasteiger partial charge in [-0.05, 0) is 19.3 Å². The SMILES string of the molecule is NCCOCCOCCOCCOCCOCCCCCO. The maximum Gasteiger partial charge on any atom is 0.0701 e. The lowest BCUT2D eigenvalue weighted by Gasteiger charge is -2.07. The molecule has 0 aromatic carbocycles. The van der Waals surface area contributed by atoms with Crippen LogP contribution in [0, 0.1) is 0 Å². The van der Waals surface area contributed by atoms with Gasteiger partial charge in [0.25, 0.3) is 0 Å². The molecule has 0 bridgehead atoms. The molecule has 0 aliphatic heterocycles. The molecular formula is C15H33NO6. The summed E-state index contributed by atoms with van der Waals surface area (Å²) < 4.78 is 26.6. The van der Waals surface area contributed by atoms with Crippen LogP contribution in [0.1, 0.15) is 19.3 Å². The summed E-state index contributed by atoms with van der Waals surface area (Å²) in [6.45, 7) is 6.66. The van der Waals surface area contributed by atoms with Crippen molar-refractivity contribution in [2.75, 3.05) is 79.2 Å². The van der Waals surface area contributed by atoms with Gasteiger partial charge in [0.15, 0.2) is 0 Å². The molecular weight excluding hydrogens is 290 g/mol. The third-order valence-corrected chi connectivity index (χ3v) is 2.70. The van der Waals surface area contributed by atoms with Gasteiger partial charge >= 0.3 is 0 Å². The van der Waals surface area contributed by atoms with Crippen molar-refractivity contribution in [1.82, 2.24) is 0 Å². The lowest BCUT2D eigenvalue weighted by Crippen LogP contribution is -2.14. The van der Waals surface area contributed by atoms with Crippen LogP contribution < -0.4 is 5.73 Å². The van der Waals surface area contributed by atoms with Gasteiger partial charge in [-0.25, -0.2) is 0 Å². The van der Waals surface area contributed by atoms with Crippen molar-refractivity contribution in [2.24, 2.45) is 5.73 Å².